The molecule has 0 unspecified atom stereocenters. The molecule has 1 amide bonds. The highest BCUT2D eigenvalue weighted by molar-refractivity contribution is 5.93. The Morgan fingerprint density at radius 1 is 1.43 bits per heavy atom. The second kappa shape index (κ2) is 5.99. The molecule has 0 aromatic carbocycles. The van der Waals surface area contributed by atoms with Crippen LogP contribution in [0, 0.1) is 17.3 Å². The van der Waals surface area contributed by atoms with Crippen LogP contribution in [0.15, 0.2) is 34.8 Å². The first-order valence-electron chi connectivity index (χ1n) is 8.61. The topological polar surface area (TPSA) is 51.1 Å². The van der Waals surface area contributed by atoms with E-state index in [-0.39, 0.29) is 11.5 Å². The van der Waals surface area contributed by atoms with E-state index in [1.54, 1.807) is 16.8 Å². The van der Waals surface area contributed by atoms with Gasteiger partial charge in [-0.25, -0.2) is 0 Å². The summed E-state index contributed by atoms with van der Waals surface area (Å²) in [7, 11) is 0. The van der Waals surface area contributed by atoms with Gasteiger partial charge in [-0.3, -0.25) is 9.59 Å². The zero-order valence-electron chi connectivity index (χ0n) is 14.3. The molecule has 4 heteroatoms. The fourth-order valence-electron chi connectivity index (χ4n) is 4.09. The number of nitrogens with zero attached hydrogens (tertiary/aromatic N) is 1. The smallest absolute Gasteiger partial charge is 0.251 e. The van der Waals surface area contributed by atoms with Crippen LogP contribution in [-0.2, 0) is 6.54 Å². The average molecular weight is 314 g/mol. The van der Waals surface area contributed by atoms with Gasteiger partial charge in [-0.15, -0.1) is 0 Å². The van der Waals surface area contributed by atoms with Crippen molar-refractivity contribution in [1.29, 1.82) is 0 Å². The maximum absolute atomic E-state index is 12.2. The lowest BCUT2D eigenvalue weighted by atomic mass is 9.48. The molecule has 1 fully saturated rings. The predicted molar refractivity (Wildman–Crippen MR) is 91.4 cm³/mol. The van der Waals surface area contributed by atoms with Crippen molar-refractivity contribution in [2.24, 2.45) is 17.3 Å². The molecule has 124 valence electrons. The monoisotopic (exact) mass is 314 g/mol. The van der Waals surface area contributed by atoms with Crippen LogP contribution in [0.25, 0.3) is 0 Å². The molecule has 1 aromatic rings. The van der Waals surface area contributed by atoms with E-state index in [1.165, 1.54) is 24.5 Å². The van der Waals surface area contributed by atoms with E-state index in [0.29, 0.717) is 30.0 Å². The van der Waals surface area contributed by atoms with E-state index < -0.39 is 0 Å². The summed E-state index contributed by atoms with van der Waals surface area (Å²) in [6.07, 6.45) is 7.46. The van der Waals surface area contributed by atoms with Gasteiger partial charge in [-0.1, -0.05) is 25.5 Å². The molecule has 2 atom stereocenters. The highest BCUT2D eigenvalue weighted by atomic mass is 16.2. The van der Waals surface area contributed by atoms with Gasteiger partial charge in [0.2, 0.25) is 0 Å². The number of fused-ring (bicyclic) bond motifs is 1. The third-order valence-corrected chi connectivity index (χ3v) is 5.88. The van der Waals surface area contributed by atoms with Gasteiger partial charge in [-0.05, 0) is 49.5 Å². The summed E-state index contributed by atoms with van der Waals surface area (Å²) in [6, 6.07) is 3.12. The second-order valence-electron chi connectivity index (χ2n) is 7.37. The van der Waals surface area contributed by atoms with Gasteiger partial charge in [0.25, 0.3) is 11.5 Å². The molecule has 4 nitrogen and oxygen atoms in total. The van der Waals surface area contributed by atoms with Gasteiger partial charge in [0.1, 0.15) is 0 Å². The SMILES string of the molecule is CCn1ccc(C(=O)NCCC2=CC[C@H]3C[C@@H]2C3(C)C)cc1=O. The molecule has 0 aliphatic heterocycles. The molecule has 3 aliphatic carbocycles. The lowest BCUT2D eigenvalue weighted by molar-refractivity contribution is -0.00811. The number of aryl methyl sites for hydroxylation is 1. The van der Waals surface area contributed by atoms with Crippen molar-refractivity contribution in [3.05, 3.63) is 45.9 Å². The van der Waals surface area contributed by atoms with Crippen LogP contribution in [0.4, 0.5) is 0 Å². The Hall–Kier alpha value is -1.84. The number of pyridine rings is 1. The van der Waals surface area contributed by atoms with Crippen LogP contribution >= 0.6 is 0 Å². The van der Waals surface area contributed by atoms with Crippen LogP contribution < -0.4 is 10.9 Å². The Labute approximate surface area is 137 Å². The Bertz CT molecular complexity index is 700. The molecule has 1 N–H and O–H groups in total. The molecular formula is C19H26N2O2. The number of nitrogens with one attached hydrogen (secondary N) is 1. The summed E-state index contributed by atoms with van der Waals surface area (Å²) < 4.78 is 1.58. The van der Waals surface area contributed by atoms with Crippen LogP contribution in [0.1, 0.15) is 50.4 Å². The van der Waals surface area contributed by atoms with Crippen molar-refractivity contribution < 1.29 is 4.79 Å². The number of carbonyl (C=O) groups excluding carboxylic acids is 1. The lowest BCUT2D eigenvalue weighted by Crippen LogP contribution is -2.48. The van der Waals surface area contributed by atoms with Gasteiger partial charge in [0.15, 0.2) is 0 Å². The van der Waals surface area contributed by atoms with Crippen molar-refractivity contribution in [2.75, 3.05) is 6.54 Å². The molecule has 4 rings (SSSR count). The van der Waals surface area contributed by atoms with Crippen molar-refractivity contribution in [3.8, 4) is 0 Å². The quantitative estimate of drug-likeness (QED) is 0.850. The first-order valence-corrected chi connectivity index (χ1v) is 8.61. The number of aromatic nitrogens is 1. The van der Waals surface area contributed by atoms with Crippen LogP contribution in [0.2, 0.25) is 0 Å². The molecule has 0 spiro atoms. The maximum Gasteiger partial charge on any atom is 0.251 e. The zero-order valence-corrected chi connectivity index (χ0v) is 14.3. The molecule has 2 bridgehead atoms. The minimum atomic E-state index is -0.160. The van der Waals surface area contributed by atoms with Crippen LogP contribution in [-0.4, -0.2) is 17.0 Å². The van der Waals surface area contributed by atoms with Crippen molar-refractivity contribution in [3.63, 3.8) is 0 Å². The number of carbonyl (C=O) groups is 1. The molecule has 0 saturated heterocycles. The van der Waals surface area contributed by atoms with Gasteiger partial charge in [-0.2, -0.15) is 0 Å². The Balaban J connectivity index is 1.55. The van der Waals surface area contributed by atoms with Gasteiger partial charge < -0.3 is 9.88 Å². The first kappa shape index (κ1) is 16.0. The zero-order chi connectivity index (χ0) is 16.6. The van der Waals surface area contributed by atoms with Crippen molar-refractivity contribution in [1.82, 2.24) is 9.88 Å². The third kappa shape index (κ3) is 2.87. The molecule has 1 heterocycles. The highest BCUT2D eigenvalue weighted by Crippen LogP contribution is 2.59. The van der Waals surface area contributed by atoms with Gasteiger partial charge in [0, 0.05) is 30.9 Å². The molecule has 0 radical (unpaired) electrons. The summed E-state index contributed by atoms with van der Waals surface area (Å²) in [5.74, 6) is 1.37. The lowest BCUT2D eigenvalue weighted by Gasteiger charge is -2.56. The Kier molecular flexibility index (Phi) is 4.17. The van der Waals surface area contributed by atoms with Crippen LogP contribution in [0.3, 0.4) is 0 Å². The number of amides is 1. The Morgan fingerprint density at radius 3 is 2.83 bits per heavy atom. The minimum Gasteiger partial charge on any atom is -0.352 e. The van der Waals surface area contributed by atoms with E-state index in [2.05, 4.69) is 25.2 Å². The molecule has 23 heavy (non-hydrogen) atoms. The van der Waals surface area contributed by atoms with Gasteiger partial charge >= 0.3 is 0 Å². The summed E-state index contributed by atoms with van der Waals surface area (Å²) in [5.41, 5.74) is 2.25. The number of allylic oxidation sites excluding steroid dienone is 1. The minimum absolute atomic E-state index is 0.127. The fourth-order valence-corrected chi connectivity index (χ4v) is 4.09. The number of hydrogen-bond acceptors (Lipinski definition) is 2. The molecule has 3 aliphatic rings. The second-order valence-corrected chi connectivity index (χ2v) is 7.37. The van der Waals surface area contributed by atoms with E-state index in [9.17, 15) is 9.59 Å². The molecule has 1 aromatic heterocycles. The largest absolute Gasteiger partial charge is 0.352 e. The average Bonchev–Trinajstić information content (AvgIpc) is 2.54. The van der Waals surface area contributed by atoms with Crippen molar-refractivity contribution >= 4 is 5.91 Å². The number of hydrogen-bond donors (Lipinski definition) is 1. The van der Waals surface area contributed by atoms with Crippen LogP contribution in [0.5, 0.6) is 0 Å². The first-order chi connectivity index (χ1) is 10.9. The highest BCUT2D eigenvalue weighted by Gasteiger charge is 2.50. The number of rotatable bonds is 5. The van der Waals surface area contributed by atoms with E-state index in [0.717, 1.165) is 12.3 Å². The maximum atomic E-state index is 12.2. The predicted octanol–water partition coefficient (Wildman–Crippen LogP) is 2.98. The molecule has 1 saturated carbocycles. The van der Waals surface area contributed by atoms with E-state index >= 15 is 0 Å². The summed E-state index contributed by atoms with van der Waals surface area (Å²) in [4.78, 5) is 24.0. The standard InChI is InChI=1S/C19H26N2O2/c1-4-21-10-8-14(11-17(21)22)18(23)20-9-7-13-5-6-15-12-16(13)19(15,2)3/h5,8,10-11,15-16H,4,6-7,9,12H2,1-3H3,(H,20,23)/t15-,16-/m0/s1. The normalized spacial score (nSPS) is 24.6. The van der Waals surface area contributed by atoms with Gasteiger partial charge in [0.05, 0.1) is 0 Å². The molecular weight excluding hydrogens is 288 g/mol. The summed E-state index contributed by atoms with van der Waals surface area (Å²) in [5, 5.41) is 2.95. The van der Waals surface area contributed by atoms with Crippen molar-refractivity contribution in [2.45, 2.75) is 46.6 Å². The summed E-state index contributed by atoms with van der Waals surface area (Å²) >= 11 is 0. The summed E-state index contributed by atoms with van der Waals surface area (Å²) in [6.45, 7) is 7.89. The fraction of sp³-hybridized carbons (Fsp3) is 0.579. The van der Waals surface area contributed by atoms with E-state index in [4.69, 9.17) is 0 Å². The van der Waals surface area contributed by atoms with E-state index in [1.807, 2.05) is 6.92 Å². The third-order valence-electron chi connectivity index (χ3n) is 5.88. The Morgan fingerprint density at radius 2 is 2.22 bits per heavy atom.